The molecule has 0 bridgehead atoms. The van der Waals surface area contributed by atoms with Gasteiger partial charge in [-0.3, -0.25) is 4.79 Å². The van der Waals surface area contributed by atoms with Crippen LogP contribution in [0.1, 0.15) is 26.3 Å². The lowest BCUT2D eigenvalue weighted by atomic mass is 10.1. The number of hydrogen-bond donors (Lipinski definition) is 2. The van der Waals surface area contributed by atoms with Gasteiger partial charge in [0.05, 0.1) is 11.1 Å². The topological polar surface area (TPSA) is 66.4 Å². The van der Waals surface area contributed by atoms with Crippen molar-refractivity contribution in [3.63, 3.8) is 0 Å². The Kier molecular flexibility index (Phi) is 4.37. The Bertz CT molecular complexity index is 731. The Morgan fingerprint density at radius 2 is 1.81 bits per heavy atom. The van der Waals surface area contributed by atoms with Crippen LogP contribution in [-0.4, -0.2) is 17.0 Å². The zero-order valence-corrected chi connectivity index (χ0v) is 12.6. The molecule has 6 heteroatoms. The molecule has 0 saturated heterocycles. The molecule has 0 unspecified atom stereocenters. The van der Waals surface area contributed by atoms with E-state index in [1.165, 1.54) is 6.07 Å². The maximum absolute atomic E-state index is 13.5. The van der Waals surface area contributed by atoms with Gasteiger partial charge in [-0.1, -0.05) is 6.07 Å². The number of anilines is 1. The van der Waals surface area contributed by atoms with Crippen LogP contribution < -0.4 is 5.32 Å². The molecule has 0 radical (unpaired) electrons. The molecule has 2 N–H and O–H groups in total. The number of nitrogens with one attached hydrogen (secondary N) is 1. The monoisotopic (exact) mass is 351 g/mol. The van der Waals surface area contributed by atoms with Crippen molar-refractivity contribution in [3.05, 3.63) is 63.4 Å². The minimum atomic E-state index is -1.35. The van der Waals surface area contributed by atoms with Crippen LogP contribution >= 0.6 is 15.9 Å². The third-order valence-corrected chi connectivity index (χ3v) is 3.48. The summed E-state index contributed by atoms with van der Waals surface area (Å²) in [5.74, 6) is -2.67. The molecule has 0 heterocycles. The molecule has 0 saturated carbocycles. The molecule has 0 aromatic heterocycles. The Hall–Kier alpha value is -2.21. The van der Waals surface area contributed by atoms with E-state index in [9.17, 15) is 14.0 Å². The number of carboxylic acids is 1. The van der Waals surface area contributed by atoms with Crippen LogP contribution in [0, 0.1) is 12.7 Å². The highest BCUT2D eigenvalue weighted by atomic mass is 79.9. The lowest BCUT2D eigenvalue weighted by Crippen LogP contribution is -2.13. The van der Waals surface area contributed by atoms with Crippen LogP contribution in [0.15, 0.2) is 40.9 Å². The quantitative estimate of drug-likeness (QED) is 0.882. The molecule has 2 aromatic carbocycles. The van der Waals surface area contributed by atoms with Gasteiger partial charge < -0.3 is 10.4 Å². The van der Waals surface area contributed by atoms with Gasteiger partial charge in [0.1, 0.15) is 5.82 Å². The summed E-state index contributed by atoms with van der Waals surface area (Å²) in [5, 5.41) is 11.3. The highest BCUT2D eigenvalue weighted by molar-refractivity contribution is 9.10. The predicted molar refractivity (Wildman–Crippen MR) is 80.2 cm³/mol. The number of benzene rings is 2. The lowest BCUT2D eigenvalue weighted by Gasteiger charge is -2.08. The van der Waals surface area contributed by atoms with E-state index in [2.05, 4.69) is 21.2 Å². The molecule has 2 rings (SSSR count). The van der Waals surface area contributed by atoms with Crippen LogP contribution in [0.4, 0.5) is 10.1 Å². The van der Waals surface area contributed by atoms with Crippen molar-refractivity contribution in [1.82, 2.24) is 0 Å². The molecule has 0 atom stereocenters. The van der Waals surface area contributed by atoms with Crippen LogP contribution in [0.2, 0.25) is 0 Å². The smallest absolute Gasteiger partial charge is 0.338 e. The summed E-state index contributed by atoms with van der Waals surface area (Å²) in [6.07, 6.45) is 0. The fourth-order valence-electron chi connectivity index (χ4n) is 1.77. The van der Waals surface area contributed by atoms with Crippen molar-refractivity contribution >= 4 is 33.5 Å². The van der Waals surface area contributed by atoms with Gasteiger partial charge in [-0.25, -0.2) is 9.18 Å². The Balaban J connectivity index is 2.23. The maximum Gasteiger partial charge on any atom is 0.338 e. The largest absolute Gasteiger partial charge is 0.478 e. The molecule has 0 aliphatic carbocycles. The van der Waals surface area contributed by atoms with E-state index < -0.39 is 23.3 Å². The molecule has 1 amide bonds. The van der Waals surface area contributed by atoms with Gasteiger partial charge in [-0.2, -0.15) is 0 Å². The first kappa shape index (κ1) is 15.2. The second-order valence-corrected chi connectivity index (χ2v) is 5.29. The van der Waals surface area contributed by atoms with Gasteiger partial charge in [0.2, 0.25) is 0 Å². The van der Waals surface area contributed by atoms with E-state index in [4.69, 9.17) is 5.11 Å². The van der Waals surface area contributed by atoms with Crippen molar-refractivity contribution in [1.29, 1.82) is 0 Å². The maximum atomic E-state index is 13.5. The minimum Gasteiger partial charge on any atom is -0.478 e. The summed E-state index contributed by atoms with van der Waals surface area (Å²) < 4.78 is 14.2. The first-order valence-corrected chi connectivity index (χ1v) is 6.78. The highest BCUT2D eigenvalue weighted by Gasteiger charge is 2.13. The van der Waals surface area contributed by atoms with E-state index >= 15 is 0 Å². The van der Waals surface area contributed by atoms with Crippen LogP contribution in [0.5, 0.6) is 0 Å². The average Bonchev–Trinajstić information content (AvgIpc) is 2.37. The first-order valence-electron chi connectivity index (χ1n) is 5.99. The fourth-order valence-corrected chi connectivity index (χ4v) is 2.44. The van der Waals surface area contributed by atoms with Crippen LogP contribution in [0.25, 0.3) is 0 Å². The summed E-state index contributed by atoms with van der Waals surface area (Å²) >= 11 is 3.29. The highest BCUT2D eigenvalue weighted by Crippen LogP contribution is 2.21. The Morgan fingerprint density at radius 3 is 2.38 bits per heavy atom. The lowest BCUT2D eigenvalue weighted by molar-refractivity contribution is 0.0692. The minimum absolute atomic E-state index is 0.190. The summed E-state index contributed by atoms with van der Waals surface area (Å²) in [6.45, 7) is 1.90. The molecule has 0 fully saturated rings. The van der Waals surface area contributed by atoms with Crippen molar-refractivity contribution in [3.8, 4) is 0 Å². The van der Waals surface area contributed by atoms with Gasteiger partial charge >= 0.3 is 5.97 Å². The third kappa shape index (κ3) is 3.46. The summed E-state index contributed by atoms with van der Waals surface area (Å²) in [5.41, 5.74) is 1.15. The molecular weight excluding hydrogens is 341 g/mol. The number of halogens is 2. The van der Waals surface area contributed by atoms with Crippen molar-refractivity contribution in [2.45, 2.75) is 6.92 Å². The van der Waals surface area contributed by atoms with Gasteiger partial charge in [0.15, 0.2) is 0 Å². The Morgan fingerprint density at radius 1 is 1.14 bits per heavy atom. The number of aromatic carboxylic acids is 1. The summed E-state index contributed by atoms with van der Waals surface area (Å²) in [6, 6.07) is 8.65. The molecule has 108 valence electrons. The SMILES string of the molecule is Cc1ccc(C(=O)Nc2ccc(C(=O)O)c(F)c2)c(Br)c1. The average molecular weight is 352 g/mol. The van der Waals surface area contributed by atoms with Gasteiger partial charge in [-0.15, -0.1) is 0 Å². The zero-order valence-electron chi connectivity index (χ0n) is 11.0. The number of amides is 1. The predicted octanol–water partition coefficient (Wildman–Crippen LogP) is 3.85. The number of rotatable bonds is 3. The summed E-state index contributed by atoms with van der Waals surface area (Å²) in [4.78, 5) is 22.8. The van der Waals surface area contributed by atoms with Crippen LogP contribution in [0.3, 0.4) is 0 Å². The second kappa shape index (κ2) is 6.05. The van der Waals surface area contributed by atoms with E-state index in [1.54, 1.807) is 18.2 Å². The fraction of sp³-hybridized carbons (Fsp3) is 0.0667. The van der Waals surface area contributed by atoms with Crippen molar-refractivity contribution in [2.75, 3.05) is 5.32 Å². The van der Waals surface area contributed by atoms with E-state index in [0.29, 0.717) is 10.0 Å². The number of carboxylic acid groups (broad SMARTS) is 1. The third-order valence-electron chi connectivity index (χ3n) is 2.83. The van der Waals surface area contributed by atoms with Crippen LogP contribution in [-0.2, 0) is 0 Å². The van der Waals surface area contributed by atoms with E-state index in [1.807, 2.05) is 6.92 Å². The summed E-state index contributed by atoms with van der Waals surface area (Å²) in [7, 11) is 0. The van der Waals surface area contributed by atoms with Crippen molar-refractivity contribution < 1.29 is 19.1 Å². The number of hydrogen-bond acceptors (Lipinski definition) is 2. The standard InChI is InChI=1S/C15H11BrFNO3/c1-8-2-4-10(12(16)6-8)14(19)18-9-3-5-11(15(20)21)13(17)7-9/h2-7H,1H3,(H,18,19)(H,20,21). The van der Waals surface area contributed by atoms with E-state index in [0.717, 1.165) is 17.7 Å². The second-order valence-electron chi connectivity index (χ2n) is 4.44. The molecule has 2 aromatic rings. The molecular formula is C15H11BrFNO3. The Labute approximate surface area is 128 Å². The molecule has 0 aliphatic rings. The number of carbonyl (C=O) groups excluding carboxylic acids is 1. The number of carbonyl (C=O) groups is 2. The van der Waals surface area contributed by atoms with Gasteiger partial charge in [0, 0.05) is 10.2 Å². The van der Waals surface area contributed by atoms with Gasteiger partial charge in [-0.05, 0) is 58.7 Å². The first-order chi connectivity index (χ1) is 9.88. The number of aryl methyl sites for hydroxylation is 1. The normalized spacial score (nSPS) is 10.2. The van der Waals surface area contributed by atoms with E-state index in [-0.39, 0.29) is 5.69 Å². The molecule has 21 heavy (non-hydrogen) atoms. The molecule has 0 spiro atoms. The van der Waals surface area contributed by atoms with Gasteiger partial charge in [0.25, 0.3) is 5.91 Å². The molecule has 4 nitrogen and oxygen atoms in total. The zero-order chi connectivity index (χ0) is 15.6. The van der Waals surface area contributed by atoms with Crippen molar-refractivity contribution in [2.24, 2.45) is 0 Å². The molecule has 0 aliphatic heterocycles.